The van der Waals surface area contributed by atoms with E-state index in [1.807, 2.05) is 12.1 Å². The van der Waals surface area contributed by atoms with Crippen molar-refractivity contribution in [1.82, 2.24) is 10.2 Å². The highest BCUT2D eigenvalue weighted by Crippen LogP contribution is 2.21. The van der Waals surface area contributed by atoms with Crippen molar-refractivity contribution in [3.8, 4) is 0 Å². The fourth-order valence-corrected chi connectivity index (χ4v) is 2.38. The highest BCUT2D eigenvalue weighted by molar-refractivity contribution is 5.89. The Kier molecular flexibility index (Phi) is 4.90. The quantitative estimate of drug-likeness (QED) is 0.771. The minimum Gasteiger partial charge on any atom is -0.465 e. The fraction of sp³-hybridized carbons (Fsp3) is 0.500. The van der Waals surface area contributed by atoms with Crippen LogP contribution >= 0.6 is 0 Å². The van der Waals surface area contributed by atoms with Gasteiger partial charge >= 0.3 is 5.97 Å². The molecule has 1 atom stereocenters. The number of esters is 1. The molecule has 0 aliphatic carbocycles. The minimum absolute atomic E-state index is 0.00574. The summed E-state index contributed by atoms with van der Waals surface area (Å²) in [5.74, 6) is -0.339. The first kappa shape index (κ1) is 14.0. The van der Waals surface area contributed by atoms with E-state index in [1.165, 1.54) is 7.11 Å². The van der Waals surface area contributed by atoms with Gasteiger partial charge in [-0.3, -0.25) is 4.90 Å². The molecule has 1 aliphatic rings. The molecule has 19 heavy (non-hydrogen) atoms. The van der Waals surface area contributed by atoms with Gasteiger partial charge < -0.3 is 15.2 Å². The Labute approximate surface area is 113 Å². The van der Waals surface area contributed by atoms with Crippen molar-refractivity contribution in [2.75, 3.05) is 39.9 Å². The molecule has 5 nitrogen and oxygen atoms in total. The second-order valence-electron chi connectivity index (χ2n) is 4.60. The number of carbonyl (C=O) groups is 1. The van der Waals surface area contributed by atoms with Crippen molar-refractivity contribution in [3.63, 3.8) is 0 Å². The molecule has 0 unspecified atom stereocenters. The lowest BCUT2D eigenvalue weighted by Gasteiger charge is -2.34. The van der Waals surface area contributed by atoms with E-state index in [2.05, 4.69) is 15.0 Å². The molecule has 1 aromatic rings. The Bertz CT molecular complexity index is 413. The number of nitrogens with one attached hydrogen (secondary N) is 1. The fourth-order valence-electron chi connectivity index (χ4n) is 2.38. The SMILES string of the molecule is COC(=O)c1ccc([C@@H](CO)N2CCNCC2)cc1. The number of hydrogen-bond donors (Lipinski definition) is 2. The zero-order valence-electron chi connectivity index (χ0n) is 11.1. The van der Waals surface area contributed by atoms with Crippen LogP contribution in [-0.2, 0) is 4.74 Å². The van der Waals surface area contributed by atoms with Gasteiger partial charge in [-0.05, 0) is 17.7 Å². The molecule has 1 aliphatic heterocycles. The number of benzene rings is 1. The zero-order valence-corrected chi connectivity index (χ0v) is 11.1. The number of methoxy groups -OCH3 is 1. The third kappa shape index (κ3) is 3.32. The Morgan fingerprint density at radius 2 is 2.00 bits per heavy atom. The van der Waals surface area contributed by atoms with Gasteiger partial charge in [-0.2, -0.15) is 0 Å². The number of ether oxygens (including phenoxy) is 1. The molecule has 0 spiro atoms. The van der Waals surface area contributed by atoms with Crippen LogP contribution in [0.3, 0.4) is 0 Å². The van der Waals surface area contributed by atoms with E-state index in [4.69, 9.17) is 0 Å². The molecule has 0 aromatic heterocycles. The van der Waals surface area contributed by atoms with Crippen molar-refractivity contribution in [3.05, 3.63) is 35.4 Å². The summed E-state index contributed by atoms with van der Waals surface area (Å²) in [7, 11) is 1.37. The van der Waals surface area contributed by atoms with Gasteiger partial charge in [-0.15, -0.1) is 0 Å². The number of nitrogens with zero attached hydrogens (tertiary/aromatic N) is 1. The highest BCUT2D eigenvalue weighted by atomic mass is 16.5. The first-order valence-corrected chi connectivity index (χ1v) is 6.50. The third-order valence-electron chi connectivity index (χ3n) is 3.48. The molecule has 1 fully saturated rings. The number of rotatable bonds is 4. The molecule has 2 rings (SSSR count). The van der Waals surface area contributed by atoms with Crippen molar-refractivity contribution in [2.45, 2.75) is 6.04 Å². The molecule has 0 saturated carbocycles. The van der Waals surface area contributed by atoms with E-state index in [1.54, 1.807) is 12.1 Å². The molecular formula is C14H20N2O3. The van der Waals surface area contributed by atoms with Gasteiger partial charge in [-0.25, -0.2) is 4.79 Å². The van der Waals surface area contributed by atoms with Gasteiger partial charge in [0.05, 0.1) is 25.3 Å². The van der Waals surface area contributed by atoms with Crippen molar-refractivity contribution in [1.29, 1.82) is 0 Å². The molecule has 5 heteroatoms. The Morgan fingerprint density at radius 1 is 1.37 bits per heavy atom. The van der Waals surface area contributed by atoms with Gasteiger partial charge in [-0.1, -0.05) is 12.1 Å². The van der Waals surface area contributed by atoms with Crippen LogP contribution in [0.15, 0.2) is 24.3 Å². The van der Waals surface area contributed by atoms with Crippen molar-refractivity contribution in [2.24, 2.45) is 0 Å². The lowest BCUT2D eigenvalue weighted by atomic mass is 10.0. The molecule has 1 saturated heterocycles. The average molecular weight is 264 g/mol. The summed E-state index contributed by atoms with van der Waals surface area (Å²) in [6, 6.07) is 7.25. The predicted octanol–water partition coefficient (Wildman–Crippen LogP) is 0.412. The van der Waals surface area contributed by atoms with E-state index in [0.29, 0.717) is 5.56 Å². The van der Waals surface area contributed by atoms with Gasteiger partial charge in [0.2, 0.25) is 0 Å². The van der Waals surface area contributed by atoms with Crippen LogP contribution in [0, 0.1) is 0 Å². The van der Waals surface area contributed by atoms with Crippen LogP contribution in [0.1, 0.15) is 22.0 Å². The highest BCUT2D eigenvalue weighted by Gasteiger charge is 2.21. The summed E-state index contributed by atoms with van der Waals surface area (Å²) in [6.45, 7) is 3.80. The normalized spacial score (nSPS) is 18.0. The lowest BCUT2D eigenvalue weighted by Crippen LogP contribution is -2.46. The number of aliphatic hydroxyl groups excluding tert-OH is 1. The zero-order chi connectivity index (χ0) is 13.7. The van der Waals surface area contributed by atoms with E-state index in [-0.39, 0.29) is 18.6 Å². The summed E-state index contributed by atoms with van der Waals surface area (Å²) in [5, 5.41) is 12.9. The maximum absolute atomic E-state index is 11.4. The summed E-state index contributed by atoms with van der Waals surface area (Å²) in [4.78, 5) is 13.6. The van der Waals surface area contributed by atoms with E-state index in [9.17, 15) is 9.90 Å². The van der Waals surface area contributed by atoms with Crippen LogP contribution in [-0.4, -0.2) is 55.9 Å². The summed E-state index contributed by atoms with van der Waals surface area (Å²) < 4.78 is 4.67. The van der Waals surface area contributed by atoms with Gasteiger partial charge in [0.15, 0.2) is 0 Å². The average Bonchev–Trinajstić information content (AvgIpc) is 2.49. The minimum atomic E-state index is -0.339. The molecule has 2 N–H and O–H groups in total. The van der Waals surface area contributed by atoms with Crippen LogP contribution < -0.4 is 5.32 Å². The third-order valence-corrected chi connectivity index (χ3v) is 3.48. The molecular weight excluding hydrogens is 244 g/mol. The van der Waals surface area contributed by atoms with Crippen LogP contribution in [0.25, 0.3) is 0 Å². The maximum Gasteiger partial charge on any atom is 0.337 e. The largest absolute Gasteiger partial charge is 0.465 e. The molecule has 1 aromatic carbocycles. The van der Waals surface area contributed by atoms with Gasteiger partial charge in [0.25, 0.3) is 0 Å². The number of carbonyl (C=O) groups excluding carboxylic acids is 1. The first-order valence-electron chi connectivity index (χ1n) is 6.50. The Hall–Kier alpha value is -1.43. The van der Waals surface area contributed by atoms with Crippen molar-refractivity contribution >= 4 is 5.97 Å². The Morgan fingerprint density at radius 3 is 2.53 bits per heavy atom. The van der Waals surface area contributed by atoms with Crippen molar-refractivity contribution < 1.29 is 14.6 Å². The van der Waals surface area contributed by atoms with Gasteiger partial charge in [0, 0.05) is 26.2 Å². The molecule has 1 heterocycles. The standard InChI is InChI=1S/C14H20N2O3/c1-19-14(18)12-4-2-11(3-5-12)13(10-17)16-8-6-15-7-9-16/h2-5,13,15,17H,6-10H2,1H3/t13-/m1/s1. The molecule has 0 radical (unpaired) electrons. The van der Waals surface area contributed by atoms with Crippen LogP contribution in [0.2, 0.25) is 0 Å². The number of piperazine rings is 1. The second kappa shape index (κ2) is 6.65. The van der Waals surface area contributed by atoms with E-state index >= 15 is 0 Å². The molecule has 0 bridgehead atoms. The Balaban J connectivity index is 2.12. The van der Waals surface area contributed by atoms with Gasteiger partial charge in [0.1, 0.15) is 0 Å². The molecule has 0 amide bonds. The number of aliphatic hydroxyl groups is 1. The number of hydrogen-bond acceptors (Lipinski definition) is 5. The van der Waals surface area contributed by atoms with Crippen LogP contribution in [0.5, 0.6) is 0 Å². The summed E-state index contributed by atoms with van der Waals surface area (Å²) >= 11 is 0. The lowest BCUT2D eigenvalue weighted by molar-refractivity contribution is 0.0600. The summed E-state index contributed by atoms with van der Waals surface area (Å²) in [5.41, 5.74) is 1.56. The van der Waals surface area contributed by atoms with E-state index in [0.717, 1.165) is 31.7 Å². The second-order valence-corrected chi connectivity index (χ2v) is 4.60. The predicted molar refractivity (Wildman–Crippen MR) is 72.1 cm³/mol. The topological polar surface area (TPSA) is 61.8 Å². The van der Waals surface area contributed by atoms with Crippen LogP contribution in [0.4, 0.5) is 0 Å². The maximum atomic E-state index is 11.4. The molecule has 104 valence electrons. The first-order chi connectivity index (χ1) is 9.26. The monoisotopic (exact) mass is 264 g/mol. The summed E-state index contributed by atoms with van der Waals surface area (Å²) in [6.07, 6.45) is 0. The van der Waals surface area contributed by atoms with E-state index < -0.39 is 0 Å². The smallest absolute Gasteiger partial charge is 0.337 e.